The van der Waals surface area contributed by atoms with Crippen LogP contribution < -0.4 is 9.47 Å². The first kappa shape index (κ1) is 12.1. The molecular formula is C15H16O4. The molecule has 1 N–H and O–H groups in total. The van der Waals surface area contributed by atoms with E-state index in [1.54, 1.807) is 19.2 Å². The second kappa shape index (κ2) is 4.63. The van der Waals surface area contributed by atoms with E-state index in [2.05, 4.69) is 0 Å². The van der Waals surface area contributed by atoms with E-state index in [-0.39, 0.29) is 6.10 Å². The summed E-state index contributed by atoms with van der Waals surface area (Å²) in [5.74, 6) is 1.96. The van der Waals surface area contributed by atoms with Gasteiger partial charge in [-0.3, -0.25) is 0 Å². The first-order valence-electron chi connectivity index (χ1n) is 6.28. The van der Waals surface area contributed by atoms with Crippen LogP contribution in [0.3, 0.4) is 0 Å². The van der Waals surface area contributed by atoms with E-state index >= 15 is 0 Å². The molecule has 1 aromatic carbocycles. The molecule has 0 aliphatic carbocycles. The van der Waals surface area contributed by atoms with Crippen molar-refractivity contribution in [1.82, 2.24) is 0 Å². The summed E-state index contributed by atoms with van der Waals surface area (Å²) in [7, 11) is 1.60. The largest absolute Gasteiger partial charge is 0.496 e. The van der Waals surface area contributed by atoms with Crippen molar-refractivity contribution < 1.29 is 19.0 Å². The summed E-state index contributed by atoms with van der Waals surface area (Å²) < 4.78 is 16.3. The van der Waals surface area contributed by atoms with Gasteiger partial charge in [0.15, 0.2) is 0 Å². The fraction of sp³-hybridized carbons (Fsp3) is 0.333. The predicted molar refractivity (Wildman–Crippen MR) is 69.6 cm³/mol. The molecule has 1 aromatic heterocycles. The van der Waals surface area contributed by atoms with Gasteiger partial charge < -0.3 is 19.0 Å². The Labute approximate surface area is 111 Å². The van der Waals surface area contributed by atoms with E-state index in [0.717, 1.165) is 17.7 Å². The van der Waals surface area contributed by atoms with E-state index in [9.17, 15) is 5.11 Å². The molecule has 2 unspecified atom stereocenters. The van der Waals surface area contributed by atoms with E-state index in [4.69, 9.17) is 13.9 Å². The van der Waals surface area contributed by atoms with Gasteiger partial charge in [0.05, 0.1) is 13.4 Å². The van der Waals surface area contributed by atoms with Gasteiger partial charge in [0.25, 0.3) is 0 Å². The Kier molecular flexibility index (Phi) is 2.95. The number of hydrogen-bond acceptors (Lipinski definition) is 4. The van der Waals surface area contributed by atoms with Crippen LogP contribution in [0, 0.1) is 0 Å². The molecule has 4 heteroatoms. The lowest BCUT2D eigenvalue weighted by Crippen LogP contribution is -2.05. The maximum absolute atomic E-state index is 10.4. The number of aliphatic hydroxyl groups excluding tert-OH is 1. The minimum atomic E-state index is -0.852. The molecule has 2 heterocycles. The monoisotopic (exact) mass is 260 g/mol. The summed E-state index contributed by atoms with van der Waals surface area (Å²) in [5, 5.41) is 10.4. The Morgan fingerprint density at radius 1 is 1.42 bits per heavy atom. The molecule has 4 nitrogen and oxygen atoms in total. The Morgan fingerprint density at radius 3 is 2.95 bits per heavy atom. The van der Waals surface area contributed by atoms with Gasteiger partial charge in [-0.1, -0.05) is 0 Å². The van der Waals surface area contributed by atoms with Crippen LogP contribution in [0.1, 0.15) is 29.9 Å². The third-order valence-corrected chi connectivity index (χ3v) is 3.36. The first-order chi connectivity index (χ1) is 9.19. The SMILES string of the molecule is COc1cc2c(cc1C(O)c1ccco1)OC(C)C2. The molecule has 0 saturated heterocycles. The number of aliphatic hydroxyl groups is 1. The zero-order valence-corrected chi connectivity index (χ0v) is 10.9. The zero-order valence-electron chi connectivity index (χ0n) is 10.9. The van der Waals surface area contributed by atoms with Gasteiger partial charge in [-0.05, 0) is 31.2 Å². The Hall–Kier alpha value is -1.94. The van der Waals surface area contributed by atoms with E-state index < -0.39 is 6.10 Å². The van der Waals surface area contributed by atoms with Gasteiger partial charge in [-0.15, -0.1) is 0 Å². The van der Waals surface area contributed by atoms with Crippen molar-refractivity contribution in [3.63, 3.8) is 0 Å². The molecule has 0 bridgehead atoms. The molecule has 2 atom stereocenters. The second-order valence-electron chi connectivity index (χ2n) is 4.75. The molecule has 0 spiro atoms. The van der Waals surface area contributed by atoms with Gasteiger partial charge in [-0.25, -0.2) is 0 Å². The fourth-order valence-electron chi connectivity index (χ4n) is 2.45. The number of methoxy groups -OCH3 is 1. The number of ether oxygens (including phenoxy) is 2. The summed E-state index contributed by atoms with van der Waals surface area (Å²) in [6, 6.07) is 7.25. The minimum absolute atomic E-state index is 0.163. The molecule has 0 radical (unpaired) electrons. The highest BCUT2D eigenvalue weighted by Gasteiger charge is 2.25. The number of benzene rings is 1. The summed E-state index contributed by atoms with van der Waals surface area (Å²) in [5.41, 5.74) is 1.77. The molecule has 100 valence electrons. The Morgan fingerprint density at radius 2 is 2.26 bits per heavy atom. The second-order valence-corrected chi connectivity index (χ2v) is 4.75. The van der Waals surface area contributed by atoms with Crippen LogP contribution in [0.5, 0.6) is 11.5 Å². The van der Waals surface area contributed by atoms with Gasteiger partial charge >= 0.3 is 0 Å². The number of hydrogen-bond donors (Lipinski definition) is 1. The van der Waals surface area contributed by atoms with Gasteiger partial charge in [0.1, 0.15) is 29.5 Å². The lowest BCUT2D eigenvalue weighted by molar-refractivity contribution is 0.184. The van der Waals surface area contributed by atoms with Crippen molar-refractivity contribution in [2.45, 2.75) is 25.6 Å². The summed E-state index contributed by atoms with van der Waals surface area (Å²) in [6.07, 6.45) is 1.71. The zero-order chi connectivity index (χ0) is 13.4. The quantitative estimate of drug-likeness (QED) is 0.921. The van der Waals surface area contributed by atoms with Crippen LogP contribution in [0.25, 0.3) is 0 Å². The van der Waals surface area contributed by atoms with Crippen molar-refractivity contribution >= 4 is 0 Å². The lowest BCUT2D eigenvalue weighted by atomic mass is 10.0. The summed E-state index contributed by atoms with van der Waals surface area (Å²) >= 11 is 0. The average molecular weight is 260 g/mol. The summed E-state index contributed by atoms with van der Waals surface area (Å²) in [4.78, 5) is 0. The van der Waals surface area contributed by atoms with Crippen LogP contribution in [-0.4, -0.2) is 18.3 Å². The Bertz CT molecular complexity index is 574. The Balaban J connectivity index is 2.04. The van der Waals surface area contributed by atoms with Crippen molar-refractivity contribution in [3.8, 4) is 11.5 Å². The maximum atomic E-state index is 10.4. The van der Waals surface area contributed by atoms with Crippen molar-refractivity contribution in [2.75, 3.05) is 7.11 Å². The molecule has 2 aromatic rings. The van der Waals surface area contributed by atoms with Crippen LogP contribution in [0.2, 0.25) is 0 Å². The number of furan rings is 1. The van der Waals surface area contributed by atoms with Crippen molar-refractivity contribution in [1.29, 1.82) is 0 Å². The molecule has 19 heavy (non-hydrogen) atoms. The first-order valence-corrected chi connectivity index (χ1v) is 6.28. The molecule has 0 amide bonds. The number of rotatable bonds is 3. The van der Waals surface area contributed by atoms with Gasteiger partial charge in [-0.2, -0.15) is 0 Å². The topological polar surface area (TPSA) is 51.8 Å². The maximum Gasteiger partial charge on any atom is 0.140 e. The third kappa shape index (κ3) is 2.08. The standard InChI is InChI=1S/C15H16O4/c1-9-6-10-7-14(17-2)11(8-13(10)19-9)15(16)12-4-3-5-18-12/h3-5,7-9,15-16H,6H2,1-2H3. The van der Waals surface area contributed by atoms with Gasteiger partial charge in [0.2, 0.25) is 0 Å². The van der Waals surface area contributed by atoms with Crippen molar-refractivity contribution in [3.05, 3.63) is 47.4 Å². The normalized spacial score (nSPS) is 18.8. The minimum Gasteiger partial charge on any atom is -0.496 e. The van der Waals surface area contributed by atoms with Gasteiger partial charge in [0, 0.05) is 17.5 Å². The molecule has 3 rings (SSSR count). The molecule has 0 saturated carbocycles. The highest BCUT2D eigenvalue weighted by Crippen LogP contribution is 2.39. The molecule has 1 aliphatic heterocycles. The van der Waals surface area contributed by atoms with E-state index in [0.29, 0.717) is 17.1 Å². The third-order valence-electron chi connectivity index (χ3n) is 3.36. The van der Waals surface area contributed by atoms with E-state index in [1.165, 1.54) is 6.26 Å². The van der Waals surface area contributed by atoms with Crippen LogP contribution in [0.15, 0.2) is 34.9 Å². The highest BCUT2D eigenvalue weighted by molar-refractivity contribution is 5.50. The van der Waals surface area contributed by atoms with Crippen LogP contribution >= 0.6 is 0 Å². The molecule has 0 fully saturated rings. The fourth-order valence-corrected chi connectivity index (χ4v) is 2.45. The van der Waals surface area contributed by atoms with Crippen LogP contribution in [-0.2, 0) is 6.42 Å². The average Bonchev–Trinajstić information content (AvgIpc) is 3.03. The predicted octanol–water partition coefficient (Wildman–Crippen LogP) is 2.69. The highest BCUT2D eigenvalue weighted by atomic mass is 16.5. The number of fused-ring (bicyclic) bond motifs is 1. The van der Waals surface area contributed by atoms with Crippen LogP contribution in [0.4, 0.5) is 0 Å². The summed E-state index contributed by atoms with van der Waals surface area (Å²) in [6.45, 7) is 2.02. The smallest absolute Gasteiger partial charge is 0.140 e. The van der Waals surface area contributed by atoms with Crippen molar-refractivity contribution in [2.24, 2.45) is 0 Å². The molecule has 1 aliphatic rings. The van der Waals surface area contributed by atoms with E-state index in [1.807, 2.05) is 19.1 Å². The molecular weight excluding hydrogens is 244 g/mol. The lowest BCUT2D eigenvalue weighted by Gasteiger charge is -2.14.